The van der Waals surface area contributed by atoms with E-state index in [9.17, 15) is 5.11 Å². The van der Waals surface area contributed by atoms with Gasteiger partial charge in [0.1, 0.15) is 0 Å². The SMILES string of the molecule is CC(C)OCC(O)CN1CCCN(CCO)CC1. The lowest BCUT2D eigenvalue weighted by atomic mass is 10.3. The molecule has 1 fully saturated rings. The van der Waals surface area contributed by atoms with Crippen molar-refractivity contribution in [2.75, 3.05) is 52.5 Å². The summed E-state index contributed by atoms with van der Waals surface area (Å²) >= 11 is 0. The molecule has 0 aromatic heterocycles. The van der Waals surface area contributed by atoms with E-state index in [4.69, 9.17) is 9.84 Å². The molecule has 0 aromatic carbocycles. The fourth-order valence-electron chi connectivity index (χ4n) is 2.23. The summed E-state index contributed by atoms with van der Waals surface area (Å²) < 4.78 is 5.42. The van der Waals surface area contributed by atoms with Gasteiger partial charge in [-0.05, 0) is 33.4 Å². The van der Waals surface area contributed by atoms with Crippen molar-refractivity contribution < 1.29 is 14.9 Å². The minimum atomic E-state index is -0.406. The lowest BCUT2D eigenvalue weighted by Gasteiger charge is -2.24. The van der Waals surface area contributed by atoms with Crippen LogP contribution >= 0.6 is 0 Å². The van der Waals surface area contributed by atoms with Crippen molar-refractivity contribution in [3.63, 3.8) is 0 Å². The van der Waals surface area contributed by atoms with E-state index in [-0.39, 0.29) is 12.7 Å². The molecule has 1 rings (SSSR count). The van der Waals surface area contributed by atoms with Crippen LogP contribution in [0.1, 0.15) is 20.3 Å². The lowest BCUT2D eigenvalue weighted by Crippen LogP contribution is -2.38. The lowest BCUT2D eigenvalue weighted by molar-refractivity contribution is -0.00800. The second-order valence-corrected chi connectivity index (χ2v) is 5.26. The Morgan fingerprint density at radius 1 is 1.11 bits per heavy atom. The van der Waals surface area contributed by atoms with Gasteiger partial charge in [0.25, 0.3) is 0 Å². The first-order valence-electron chi connectivity index (χ1n) is 6.97. The van der Waals surface area contributed by atoms with Crippen molar-refractivity contribution in [1.82, 2.24) is 9.80 Å². The highest BCUT2D eigenvalue weighted by atomic mass is 16.5. The van der Waals surface area contributed by atoms with Crippen LogP contribution < -0.4 is 0 Å². The zero-order chi connectivity index (χ0) is 13.4. The van der Waals surface area contributed by atoms with Crippen LogP contribution in [0, 0.1) is 0 Å². The molecule has 1 saturated heterocycles. The second-order valence-electron chi connectivity index (χ2n) is 5.26. The molecule has 18 heavy (non-hydrogen) atoms. The number of nitrogens with zero attached hydrogens (tertiary/aromatic N) is 2. The first-order valence-corrected chi connectivity index (χ1v) is 6.97. The number of aliphatic hydroxyl groups is 2. The van der Waals surface area contributed by atoms with Crippen molar-refractivity contribution in [3.05, 3.63) is 0 Å². The molecule has 0 bridgehead atoms. The van der Waals surface area contributed by atoms with Crippen LogP contribution in [0.4, 0.5) is 0 Å². The summed E-state index contributed by atoms with van der Waals surface area (Å²) in [6.45, 7) is 10.0. The van der Waals surface area contributed by atoms with E-state index in [1.165, 1.54) is 0 Å². The van der Waals surface area contributed by atoms with E-state index >= 15 is 0 Å². The van der Waals surface area contributed by atoms with Gasteiger partial charge in [-0.2, -0.15) is 0 Å². The molecule has 1 atom stereocenters. The number of hydrogen-bond donors (Lipinski definition) is 2. The molecule has 0 saturated carbocycles. The van der Waals surface area contributed by atoms with Gasteiger partial charge in [0.2, 0.25) is 0 Å². The molecule has 5 heteroatoms. The summed E-state index contributed by atoms with van der Waals surface area (Å²) in [5.74, 6) is 0. The molecule has 0 aromatic rings. The molecular weight excluding hydrogens is 232 g/mol. The molecule has 1 unspecified atom stereocenters. The third-order valence-corrected chi connectivity index (χ3v) is 3.19. The molecule has 0 radical (unpaired) electrons. The van der Waals surface area contributed by atoms with Crippen molar-refractivity contribution >= 4 is 0 Å². The largest absolute Gasteiger partial charge is 0.395 e. The highest BCUT2D eigenvalue weighted by Crippen LogP contribution is 2.04. The Balaban J connectivity index is 2.21. The monoisotopic (exact) mass is 260 g/mol. The molecular formula is C13H28N2O3. The van der Waals surface area contributed by atoms with Crippen molar-refractivity contribution in [2.24, 2.45) is 0 Å². The third-order valence-electron chi connectivity index (χ3n) is 3.19. The molecule has 5 nitrogen and oxygen atoms in total. The van der Waals surface area contributed by atoms with E-state index in [0.717, 1.165) is 39.1 Å². The highest BCUT2D eigenvalue weighted by Gasteiger charge is 2.17. The van der Waals surface area contributed by atoms with Gasteiger partial charge in [-0.3, -0.25) is 9.80 Å². The van der Waals surface area contributed by atoms with Gasteiger partial charge in [0, 0.05) is 26.2 Å². The van der Waals surface area contributed by atoms with Crippen molar-refractivity contribution in [2.45, 2.75) is 32.5 Å². The predicted octanol–water partition coefficient (Wildman–Crippen LogP) is -0.228. The van der Waals surface area contributed by atoms with Gasteiger partial charge in [-0.25, -0.2) is 0 Å². The summed E-state index contributed by atoms with van der Waals surface area (Å²) in [6.07, 6.45) is 0.859. The summed E-state index contributed by atoms with van der Waals surface area (Å²) in [5, 5.41) is 18.8. The topological polar surface area (TPSA) is 56.2 Å². The Labute approximate surface area is 110 Å². The Morgan fingerprint density at radius 2 is 1.78 bits per heavy atom. The van der Waals surface area contributed by atoms with Crippen LogP contribution in [0.3, 0.4) is 0 Å². The number of aliphatic hydroxyl groups excluding tert-OH is 2. The Hall–Kier alpha value is -0.200. The van der Waals surface area contributed by atoms with E-state index in [1.807, 2.05) is 13.8 Å². The van der Waals surface area contributed by atoms with Crippen molar-refractivity contribution in [3.8, 4) is 0 Å². The first-order chi connectivity index (χ1) is 8.61. The summed E-state index contributed by atoms with van der Waals surface area (Å²) in [6, 6.07) is 0. The fraction of sp³-hybridized carbons (Fsp3) is 1.00. The number of ether oxygens (including phenoxy) is 1. The van der Waals surface area contributed by atoms with Gasteiger partial charge in [-0.1, -0.05) is 0 Å². The summed E-state index contributed by atoms with van der Waals surface area (Å²) in [4.78, 5) is 4.56. The standard InChI is InChI=1S/C13H28N2O3/c1-12(2)18-11-13(17)10-15-5-3-4-14(6-7-15)8-9-16/h12-13,16-17H,3-11H2,1-2H3. The molecule has 0 spiro atoms. The summed E-state index contributed by atoms with van der Waals surface area (Å²) in [7, 11) is 0. The van der Waals surface area contributed by atoms with E-state index in [0.29, 0.717) is 13.2 Å². The molecule has 2 N–H and O–H groups in total. The minimum Gasteiger partial charge on any atom is -0.395 e. The molecule has 1 aliphatic heterocycles. The number of β-amino-alcohol motifs (C(OH)–C–C–N with tert-alkyl or cyclic N) is 2. The average Bonchev–Trinajstić information content (AvgIpc) is 2.53. The van der Waals surface area contributed by atoms with Gasteiger partial charge >= 0.3 is 0 Å². The maximum absolute atomic E-state index is 9.89. The molecule has 108 valence electrons. The normalized spacial score (nSPS) is 21.2. The Kier molecular flexibility index (Phi) is 7.77. The minimum absolute atomic E-state index is 0.170. The van der Waals surface area contributed by atoms with Crippen LogP contribution in [0.25, 0.3) is 0 Å². The smallest absolute Gasteiger partial charge is 0.0900 e. The van der Waals surface area contributed by atoms with Crippen LogP contribution in [-0.4, -0.2) is 84.7 Å². The molecule has 0 amide bonds. The van der Waals surface area contributed by atoms with Crippen LogP contribution in [0.5, 0.6) is 0 Å². The number of hydrogen-bond acceptors (Lipinski definition) is 5. The predicted molar refractivity (Wildman–Crippen MR) is 71.7 cm³/mol. The van der Waals surface area contributed by atoms with Gasteiger partial charge in [-0.15, -0.1) is 0 Å². The number of rotatable bonds is 7. The fourth-order valence-corrected chi connectivity index (χ4v) is 2.23. The molecule has 1 heterocycles. The van der Waals surface area contributed by atoms with Crippen LogP contribution in [0.2, 0.25) is 0 Å². The maximum atomic E-state index is 9.89. The van der Waals surface area contributed by atoms with E-state index in [1.54, 1.807) is 0 Å². The third kappa shape index (κ3) is 6.66. The average molecular weight is 260 g/mol. The highest BCUT2D eigenvalue weighted by molar-refractivity contribution is 4.72. The zero-order valence-electron chi connectivity index (χ0n) is 11.7. The van der Waals surface area contributed by atoms with Crippen molar-refractivity contribution in [1.29, 1.82) is 0 Å². The first kappa shape index (κ1) is 15.9. The summed E-state index contributed by atoms with van der Waals surface area (Å²) in [5.41, 5.74) is 0. The Bertz CT molecular complexity index is 214. The second kappa shape index (κ2) is 8.82. The van der Waals surface area contributed by atoms with Gasteiger partial charge in [0.15, 0.2) is 0 Å². The van der Waals surface area contributed by atoms with E-state index < -0.39 is 6.10 Å². The van der Waals surface area contributed by atoms with Gasteiger partial charge in [0.05, 0.1) is 25.4 Å². The zero-order valence-corrected chi connectivity index (χ0v) is 11.7. The Morgan fingerprint density at radius 3 is 2.44 bits per heavy atom. The molecule has 0 aliphatic carbocycles. The van der Waals surface area contributed by atoms with E-state index in [2.05, 4.69) is 9.80 Å². The molecule has 1 aliphatic rings. The quantitative estimate of drug-likeness (QED) is 0.662. The van der Waals surface area contributed by atoms with Gasteiger partial charge < -0.3 is 14.9 Å². The maximum Gasteiger partial charge on any atom is 0.0900 e. The van der Waals surface area contributed by atoms with Crippen LogP contribution in [0.15, 0.2) is 0 Å². The van der Waals surface area contributed by atoms with Crippen LogP contribution in [-0.2, 0) is 4.74 Å².